The summed E-state index contributed by atoms with van der Waals surface area (Å²) in [6.45, 7) is 12.9. The monoisotopic (exact) mass is 372 g/mol. The number of amides is 1. The summed E-state index contributed by atoms with van der Waals surface area (Å²) in [7, 11) is 0. The number of aliphatic imine (C=N–C) groups is 1. The molecular weight excluding hydrogens is 340 g/mol. The fourth-order valence-electron chi connectivity index (χ4n) is 3.04. The highest BCUT2D eigenvalue weighted by molar-refractivity contribution is 5.81. The number of para-hydroxylation sites is 1. The average molecular weight is 373 g/mol. The van der Waals surface area contributed by atoms with Crippen molar-refractivity contribution in [3.05, 3.63) is 42.5 Å². The molecule has 1 aliphatic heterocycles. The summed E-state index contributed by atoms with van der Waals surface area (Å²) >= 11 is 0. The number of carbonyl (C=O) groups excluding carboxylic acids is 1. The van der Waals surface area contributed by atoms with Crippen LogP contribution in [-0.4, -0.2) is 49.0 Å². The van der Waals surface area contributed by atoms with E-state index in [0.717, 1.165) is 43.3 Å². The molecular formula is C21H32N4O2. The van der Waals surface area contributed by atoms with Crippen molar-refractivity contribution >= 4 is 11.9 Å². The fourth-order valence-corrected chi connectivity index (χ4v) is 3.04. The molecule has 6 nitrogen and oxygen atoms in total. The van der Waals surface area contributed by atoms with Crippen LogP contribution in [0.1, 0.15) is 32.8 Å². The van der Waals surface area contributed by atoms with Crippen molar-refractivity contribution in [3.8, 4) is 5.75 Å². The molecule has 0 radical (unpaired) electrons. The average Bonchev–Trinajstić information content (AvgIpc) is 3.13. The summed E-state index contributed by atoms with van der Waals surface area (Å²) in [5.41, 5.74) is 1.03. The summed E-state index contributed by atoms with van der Waals surface area (Å²) in [5.74, 6) is 1.85. The van der Waals surface area contributed by atoms with Crippen LogP contribution in [0.25, 0.3) is 0 Å². The van der Waals surface area contributed by atoms with E-state index in [1.54, 1.807) is 6.08 Å². The Kier molecular flexibility index (Phi) is 8.17. The second-order valence-electron chi connectivity index (χ2n) is 6.97. The quantitative estimate of drug-likeness (QED) is 0.418. The van der Waals surface area contributed by atoms with E-state index in [-0.39, 0.29) is 17.9 Å². The number of benzene rings is 1. The number of nitrogens with zero attached hydrogens (tertiary/aromatic N) is 2. The van der Waals surface area contributed by atoms with E-state index in [0.29, 0.717) is 13.2 Å². The molecule has 1 aromatic rings. The minimum atomic E-state index is 0.0396. The molecule has 2 N–H and O–H groups in total. The number of rotatable bonds is 8. The molecule has 1 heterocycles. The fraction of sp³-hybridized carbons (Fsp3) is 0.524. The first-order valence-corrected chi connectivity index (χ1v) is 9.70. The van der Waals surface area contributed by atoms with Crippen molar-refractivity contribution in [1.82, 2.24) is 15.5 Å². The van der Waals surface area contributed by atoms with E-state index < -0.39 is 0 Å². The predicted molar refractivity (Wildman–Crippen MR) is 110 cm³/mol. The molecule has 27 heavy (non-hydrogen) atoms. The molecule has 2 rings (SSSR count). The van der Waals surface area contributed by atoms with Crippen molar-refractivity contribution < 1.29 is 9.53 Å². The molecule has 1 saturated heterocycles. The summed E-state index contributed by atoms with van der Waals surface area (Å²) in [4.78, 5) is 18.8. The Morgan fingerprint density at radius 1 is 1.44 bits per heavy atom. The Balaban J connectivity index is 1.99. The Bertz CT molecular complexity index is 657. The standard InChI is InChI=1S/C21H32N4O2/c1-5-13-27-19-10-8-7-9-17(19)14-23-21(22-6-2)24-18-11-12-25(15-18)20(26)16(3)4/h5,7-10,16,18H,1,6,11-15H2,2-4H3,(H2,22,23,24). The molecule has 0 spiro atoms. The molecule has 0 saturated carbocycles. The molecule has 0 bridgehead atoms. The zero-order chi connectivity index (χ0) is 19.6. The Labute approximate surface area is 162 Å². The van der Waals surface area contributed by atoms with Crippen LogP contribution in [0.2, 0.25) is 0 Å². The van der Waals surface area contributed by atoms with Crippen LogP contribution in [0.5, 0.6) is 5.75 Å². The van der Waals surface area contributed by atoms with Gasteiger partial charge >= 0.3 is 0 Å². The number of guanidine groups is 1. The van der Waals surface area contributed by atoms with Crippen molar-refractivity contribution in [3.63, 3.8) is 0 Å². The van der Waals surface area contributed by atoms with Crippen molar-refractivity contribution in [1.29, 1.82) is 0 Å². The van der Waals surface area contributed by atoms with E-state index in [1.807, 2.05) is 49.9 Å². The third kappa shape index (κ3) is 6.31. The summed E-state index contributed by atoms with van der Waals surface area (Å²) in [6.07, 6.45) is 2.66. The van der Waals surface area contributed by atoms with Crippen LogP contribution < -0.4 is 15.4 Å². The zero-order valence-corrected chi connectivity index (χ0v) is 16.7. The maximum Gasteiger partial charge on any atom is 0.225 e. The molecule has 1 amide bonds. The molecule has 0 aliphatic carbocycles. The number of carbonyl (C=O) groups is 1. The van der Waals surface area contributed by atoms with Gasteiger partial charge in [0.1, 0.15) is 12.4 Å². The smallest absolute Gasteiger partial charge is 0.225 e. The molecule has 0 aromatic heterocycles. The van der Waals surface area contributed by atoms with Crippen LogP contribution in [0, 0.1) is 5.92 Å². The van der Waals surface area contributed by atoms with Gasteiger partial charge in [0.25, 0.3) is 0 Å². The van der Waals surface area contributed by atoms with Crippen LogP contribution in [0.4, 0.5) is 0 Å². The van der Waals surface area contributed by atoms with E-state index in [1.165, 1.54) is 0 Å². The van der Waals surface area contributed by atoms with Gasteiger partial charge in [0, 0.05) is 37.2 Å². The van der Waals surface area contributed by atoms with E-state index >= 15 is 0 Å². The minimum Gasteiger partial charge on any atom is -0.489 e. The molecule has 148 valence electrons. The zero-order valence-electron chi connectivity index (χ0n) is 16.7. The van der Waals surface area contributed by atoms with Gasteiger partial charge in [-0.05, 0) is 19.4 Å². The van der Waals surface area contributed by atoms with Crippen LogP contribution in [-0.2, 0) is 11.3 Å². The molecule has 1 atom stereocenters. The van der Waals surface area contributed by atoms with Gasteiger partial charge in [-0.3, -0.25) is 4.79 Å². The summed E-state index contributed by atoms with van der Waals surface area (Å²) in [6, 6.07) is 8.12. The highest BCUT2D eigenvalue weighted by Gasteiger charge is 2.27. The summed E-state index contributed by atoms with van der Waals surface area (Å²) in [5, 5.41) is 6.75. The van der Waals surface area contributed by atoms with E-state index in [9.17, 15) is 4.79 Å². The number of nitrogens with one attached hydrogen (secondary N) is 2. The number of hydrogen-bond donors (Lipinski definition) is 2. The lowest BCUT2D eigenvalue weighted by Crippen LogP contribution is -2.45. The second-order valence-corrected chi connectivity index (χ2v) is 6.97. The second kappa shape index (κ2) is 10.6. The first kappa shape index (κ1) is 20.8. The highest BCUT2D eigenvalue weighted by atomic mass is 16.5. The van der Waals surface area contributed by atoms with Gasteiger partial charge in [-0.1, -0.05) is 44.7 Å². The highest BCUT2D eigenvalue weighted by Crippen LogP contribution is 2.19. The van der Waals surface area contributed by atoms with Gasteiger partial charge < -0.3 is 20.3 Å². The lowest BCUT2D eigenvalue weighted by Gasteiger charge is -2.20. The summed E-state index contributed by atoms with van der Waals surface area (Å²) < 4.78 is 5.70. The van der Waals surface area contributed by atoms with Crippen LogP contribution >= 0.6 is 0 Å². The van der Waals surface area contributed by atoms with Crippen molar-refractivity contribution in [2.24, 2.45) is 10.9 Å². The van der Waals surface area contributed by atoms with Crippen molar-refractivity contribution in [2.75, 3.05) is 26.2 Å². The molecule has 1 fully saturated rings. The molecule has 1 unspecified atom stereocenters. The number of hydrogen-bond acceptors (Lipinski definition) is 3. The Morgan fingerprint density at radius 2 is 2.22 bits per heavy atom. The molecule has 6 heteroatoms. The third-order valence-corrected chi connectivity index (χ3v) is 4.42. The molecule has 1 aromatic carbocycles. The maximum atomic E-state index is 12.2. The number of ether oxygens (including phenoxy) is 1. The van der Waals surface area contributed by atoms with E-state index in [4.69, 9.17) is 9.73 Å². The first-order valence-electron chi connectivity index (χ1n) is 9.70. The normalized spacial score (nSPS) is 17.1. The third-order valence-electron chi connectivity index (χ3n) is 4.42. The van der Waals surface area contributed by atoms with Crippen LogP contribution in [0.15, 0.2) is 41.9 Å². The van der Waals surface area contributed by atoms with Crippen LogP contribution in [0.3, 0.4) is 0 Å². The Morgan fingerprint density at radius 3 is 2.93 bits per heavy atom. The van der Waals surface area contributed by atoms with Gasteiger partial charge in [-0.15, -0.1) is 0 Å². The maximum absolute atomic E-state index is 12.2. The first-order chi connectivity index (χ1) is 13.0. The lowest BCUT2D eigenvalue weighted by molar-refractivity contribution is -0.133. The van der Waals surface area contributed by atoms with Crippen molar-refractivity contribution in [2.45, 2.75) is 39.8 Å². The SMILES string of the molecule is C=CCOc1ccccc1CN=C(NCC)NC1CCN(C(=O)C(C)C)C1. The lowest BCUT2D eigenvalue weighted by atomic mass is 10.2. The minimum absolute atomic E-state index is 0.0396. The van der Waals surface area contributed by atoms with Gasteiger partial charge in [-0.25, -0.2) is 4.99 Å². The largest absolute Gasteiger partial charge is 0.489 e. The number of likely N-dealkylation sites (tertiary alicyclic amines) is 1. The topological polar surface area (TPSA) is 66.0 Å². The predicted octanol–water partition coefficient (Wildman–Crippen LogP) is 2.56. The van der Waals surface area contributed by atoms with Gasteiger partial charge in [0.05, 0.1) is 6.54 Å². The van der Waals surface area contributed by atoms with Gasteiger partial charge in [0.15, 0.2) is 5.96 Å². The van der Waals surface area contributed by atoms with E-state index in [2.05, 4.69) is 17.2 Å². The van der Waals surface area contributed by atoms with Gasteiger partial charge in [-0.2, -0.15) is 0 Å². The Hall–Kier alpha value is -2.50. The van der Waals surface area contributed by atoms with Gasteiger partial charge in [0.2, 0.25) is 5.91 Å². The molecule has 1 aliphatic rings.